The molecule has 0 unspecified atom stereocenters. The van der Waals surface area contributed by atoms with Crippen LogP contribution in [0.25, 0.3) is 16.9 Å². The van der Waals surface area contributed by atoms with Gasteiger partial charge in [-0.15, -0.1) is 0 Å². The largest absolute Gasteiger partial charge is 0.395 e. The number of anilines is 3. The number of nitrogens with one attached hydrogen (secondary N) is 2. The van der Waals surface area contributed by atoms with E-state index >= 15 is 0 Å². The van der Waals surface area contributed by atoms with E-state index in [9.17, 15) is 9.90 Å². The van der Waals surface area contributed by atoms with Gasteiger partial charge in [0.15, 0.2) is 0 Å². The summed E-state index contributed by atoms with van der Waals surface area (Å²) in [5.74, 6) is 0.517. The second-order valence-corrected chi connectivity index (χ2v) is 9.74. The van der Waals surface area contributed by atoms with E-state index in [4.69, 9.17) is 11.6 Å². The van der Waals surface area contributed by atoms with Crippen LogP contribution in [0.15, 0.2) is 55.0 Å². The molecule has 0 fully saturated rings. The van der Waals surface area contributed by atoms with Crippen LogP contribution in [0.4, 0.5) is 17.2 Å². The monoisotopic (exact) mass is 519 g/mol. The number of fused-ring (bicyclic) bond motifs is 2. The number of imidazole rings is 1. The van der Waals surface area contributed by atoms with E-state index in [1.807, 2.05) is 47.0 Å². The summed E-state index contributed by atoms with van der Waals surface area (Å²) in [6.45, 7) is 2.87. The summed E-state index contributed by atoms with van der Waals surface area (Å²) in [5.41, 5.74) is 5.75. The van der Waals surface area contributed by atoms with Gasteiger partial charge >= 0.3 is 0 Å². The maximum Gasteiger partial charge on any atom is 0.254 e. The van der Waals surface area contributed by atoms with Crippen LogP contribution in [-0.2, 0) is 6.54 Å². The van der Waals surface area contributed by atoms with Crippen LogP contribution < -0.4 is 15.5 Å². The normalized spacial score (nSPS) is 12.7. The predicted octanol–water partition coefficient (Wildman–Crippen LogP) is 3.79. The van der Waals surface area contributed by atoms with Gasteiger partial charge in [-0.1, -0.05) is 17.7 Å². The second-order valence-electron chi connectivity index (χ2n) is 9.31. The molecule has 3 aromatic heterocycles. The molecular formula is C27H30ClN7O2. The van der Waals surface area contributed by atoms with Crippen LogP contribution in [0, 0.1) is 0 Å². The average molecular weight is 520 g/mol. The van der Waals surface area contributed by atoms with E-state index in [2.05, 4.69) is 44.5 Å². The number of aromatic nitrogens is 3. The third-order valence-electron chi connectivity index (χ3n) is 6.50. The number of halogens is 1. The summed E-state index contributed by atoms with van der Waals surface area (Å²) in [4.78, 5) is 26.2. The Labute approximate surface area is 220 Å². The van der Waals surface area contributed by atoms with E-state index in [0.29, 0.717) is 35.2 Å². The van der Waals surface area contributed by atoms with Crippen LogP contribution in [0.5, 0.6) is 0 Å². The molecule has 0 saturated carbocycles. The Morgan fingerprint density at radius 1 is 1.11 bits per heavy atom. The highest BCUT2D eigenvalue weighted by molar-refractivity contribution is 6.30. The molecule has 37 heavy (non-hydrogen) atoms. The SMILES string of the molecule is CN(C)CCCN(CCO)c1ccc(Nc2ccc(-c3cnc4cc(Cl)ccn34)c3c2C(=O)NC3)nc1. The topological polar surface area (TPSA) is 98.0 Å². The lowest BCUT2D eigenvalue weighted by Crippen LogP contribution is -2.30. The first kappa shape index (κ1) is 25.0. The summed E-state index contributed by atoms with van der Waals surface area (Å²) in [7, 11) is 4.10. The molecule has 0 aliphatic carbocycles. The predicted molar refractivity (Wildman–Crippen MR) is 147 cm³/mol. The number of hydrogen-bond donors (Lipinski definition) is 3. The standard InChI is InChI=1S/C27H30ClN7O2/c1-33(2)9-3-10-34(12-13-36)19-4-7-24(29-15-19)32-22-6-5-20(21-16-31-27(37)26(21)22)23-17-30-25-14-18(28)8-11-35(23)25/h4-8,11,14-15,17,36H,3,9-10,12-13,16H2,1-2H3,(H,29,32)(H,31,37). The molecule has 1 aliphatic rings. The zero-order chi connectivity index (χ0) is 25.9. The summed E-state index contributed by atoms with van der Waals surface area (Å²) in [5, 5.41) is 16.4. The zero-order valence-corrected chi connectivity index (χ0v) is 21.7. The lowest BCUT2D eigenvalue weighted by molar-refractivity contribution is 0.0966. The van der Waals surface area contributed by atoms with Crippen molar-refractivity contribution in [3.8, 4) is 11.3 Å². The van der Waals surface area contributed by atoms with Crippen LogP contribution in [0.1, 0.15) is 22.3 Å². The maximum atomic E-state index is 12.8. The number of nitrogens with zero attached hydrogens (tertiary/aromatic N) is 5. The zero-order valence-electron chi connectivity index (χ0n) is 20.9. The molecule has 0 spiro atoms. The van der Waals surface area contributed by atoms with Gasteiger partial charge in [-0.2, -0.15) is 0 Å². The highest BCUT2D eigenvalue weighted by Gasteiger charge is 2.27. The Morgan fingerprint density at radius 3 is 2.73 bits per heavy atom. The average Bonchev–Trinajstić information content (AvgIpc) is 3.48. The van der Waals surface area contributed by atoms with E-state index in [1.54, 1.807) is 12.4 Å². The van der Waals surface area contributed by atoms with Gasteiger partial charge in [0.2, 0.25) is 0 Å². The van der Waals surface area contributed by atoms with Gasteiger partial charge in [0.05, 0.1) is 41.6 Å². The molecular weight excluding hydrogens is 490 g/mol. The Bertz CT molecular complexity index is 1420. The molecule has 0 bridgehead atoms. The Morgan fingerprint density at radius 2 is 1.97 bits per heavy atom. The van der Waals surface area contributed by atoms with E-state index in [-0.39, 0.29) is 12.5 Å². The molecule has 4 heterocycles. The Hall–Kier alpha value is -3.66. The van der Waals surface area contributed by atoms with E-state index < -0.39 is 0 Å². The van der Waals surface area contributed by atoms with Crippen molar-refractivity contribution in [3.05, 3.63) is 71.1 Å². The first-order chi connectivity index (χ1) is 17.9. The van der Waals surface area contributed by atoms with Gasteiger partial charge in [0, 0.05) is 42.5 Å². The molecule has 9 nitrogen and oxygen atoms in total. The summed E-state index contributed by atoms with van der Waals surface area (Å²) < 4.78 is 1.97. The number of carbonyl (C=O) groups is 1. The number of pyridine rings is 2. The van der Waals surface area contributed by atoms with Crippen molar-refractivity contribution < 1.29 is 9.90 Å². The summed E-state index contributed by atoms with van der Waals surface area (Å²) in [6.07, 6.45) is 6.47. The molecule has 0 atom stereocenters. The molecule has 1 aliphatic heterocycles. The van der Waals surface area contributed by atoms with E-state index in [1.165, 1.54) is 0 Å². The fourth-order valence-electron chi connectivity index (χ4n) is 4.70. The van der Waals surface area contributed by atoms with Crippen molar-refractivity contribution in [1.82, 2.24) is 24.6 Å². The minimum absolute atomic E-state index is 0.0784. The molecule has 0 radical (unpaired) electrons. The molecule has 192 valence electrons. The number of hydrogen-bond acceptors (Lipinski definition) is 7. The fourth-order valence-corrected chi connectivity index (χ4v) is 4.85. The molecule has 1 aromatic carbocycles. The summed E-state index contributed by atoms with van der Waals surface area (Å²) >= 11 is 6.12. The minimum Gasteiger partial charge on any atom is -0.395 e. The maximum absolute atomic E-state index is 12.8. The Balaban J connectivity index is 1.40. The number of aliphatic hydroxyl groups is 1. The highest BCUT2D eigenvalue weighted by Crippen LogP contribution is 2.35. The molecule has 4 aromatic rings. The van der Waals surface area contributed by atoms with Crippen LogP contribution in [-0.4, -0.2) is 70.6 Å². The van der Waals surface area contributed by atoms with Crippen LogP contribution >= 0.6 is 11.6 Å². The third kappa shape index (κ3) is 5.24. The van der Waals surface area contributed by atoms with Crippen molar-refractivity contribution >= 4 is 40.3 Å². The van der Waals surface area contributed by atoms with Crippen LogP contribution in [0.2, 0.25) is 5.02 Å². The molecule has 3 N–H and O–H groups in total. The van der Waals surface area contributed by atoms with Gasteiger partial charge in [0.1, 0.15) is 11.5 Å². The lowest BCUT2D eigenvalue weighted by Gasteiger charge is -2.24. The van der Waals surface area contributed by atoms with Crippen molar-refractivity contribution in [3.63, 3.8) is 0 Å². The molecule has 0 saturated heterocycles. The first-order valence-corrected chi connectivity index (χ1v) is 12.6. The minimum atomic E-state index is -0.122. The summed E-state index contributed by atoms with van der Waals surface area (Å²) in [6, 6.07) is 11.4. The second kappa shape index (κ2) is 10.8. The van der Waals surface area contributed by atoms with Gasteiger partial charge in [-0.3, -0.25) is 9.20 Å². The van der Waals surface area contributed by atoms with Crippen molar-refractivity contribution in [1.29, 1.82) is 0 Å². The van der Waals surface area contributed by atoms with E-state index in [0.717, 1.165) is 47.7 Å². The number of carbonyl (C=O) groups excluding carboxylic acids is 1. The number of aliphatic hydroxyl groups excluding tert-OH is 1. The third-order valence-corrected chi connectivity index (χ3v) is 6.73. The van der Waals surface area contributed by atoms with Crippen LogP contribution in [0.3, 0.4) is 0 Å². The number of rotatable bonds is 10. The van der Waals surface area contributed by atoms with Crippen molar-refractivity contribution in [2.75, 3.05) is 50.6 Å². The first-order valence-electron chi connectivity index (χ1n) is 12.3. The molecule has 5 rings (SSSR count). The van der Waals surface area contributed by atoms with Crippen molar-refractivity contribution in [2.45, 2.75) is 13.0 Å². The van der Waals surface area contributed by atoms with Gasteiger partial charge in [-0.05, 0) is 56.9 Å². The number of amides is 1. The quantitative estimate of drug-likeness (QED) is 0.293. The van der Waals surface area contributed by atoms with Gasteiger partial charge in [-0.25, -0.2) is 9.97 Å². The lowest BCUT2D eigenvalue weighted by atomic mass is 9.99. The Kier molecular flexibility index (Phi) is 7.27. The smallest absolute Gasteiger partial charge is 0.254 e. The fraction of sp³-hybridized carbons (Fsp3) is 0.296. The van der Waals surface area contributed by atoms with Gasteiger partial charge in [0.25, 0.3) is 5.91 Å². The number of benzene rings is 1. The van der Waals surface area contributed by atoms with Crippen molar-refractivity contribution in [2.24, 2.45) is 0 Å². The highest BCUT2D eigenvalue weighted by atomic mass is 35.5. The van der Waals surface area contributed by atoms with Gasteiger partial charge < -0.3 is 25.5 Å². The molecule has 10 heteroatoms. The molecule has 1 amide bonds.